The first kappa shape index (κ1) is 36.2. The van der Waals surface area contributed by atoms with Crippen LogP contribution in [-0.4, -0.2) is 0 Å². The van der Waals surface area contributed by atoms with Gasteiger partial charge in [-0.1, -0.05) is 170 Å². The highest BCUT2D eigenvalue weighted by Crippen LogP contribution is 2.63. The molecule has 3 unspecified atom stereocenters. The van der Waals surface area contributed by atoms with Crippen molar-refractivity contribution in [2.75, 3.05) is 4.90 Å². The molecule has 1 heteroatoms. The Morgan fingerprint density at radius 2 is 1.11 bits per heavy atom. The van der Waals surface area contributed by atoms with Gasteiger partial charge in [0, 0.05) is 27.9 Å². The zero-order valence-electron chi connectivity index (χ0n) is 34.7. The molecule has 3 atom stereocenters. The van der Waals surface area contributed by atoms with Crippen LogP contribution in [0, 0.1) is 11.8 Å². The summed E-state index contributed by atoms with van der Waals surface area (Å²) < 4.78 is 0. The molecule has 0 saturated heterocycles. The fourth-order valence-electron chi connectivity index (χ4n) is 12.0. The molecule has 4 aliphatic carbocycles. The normalized spacial score (nSPS) is 21.4. The van der Waals surface area contributed by atoms with Gasteiger partial charge in [0.25, 0.3) is 0 Å². The smallest absolute Gasteiger partial charge is 0.0465 e. The molecule has 6 aromatic rings. The van der Waals surface area contributed by atoms with Crippen molar-refractivity contribution in [2.24, 2.45) is 11.8 Å². The minimum absolute atomic E-state index is 0.102. The van der Waals surface area contributed by atoms with E-state index in [2.05, 4.69) is 173 Å². The Morgan fingerprint density at radius 3 is 1.72 bits per heavy atom. The van der Waals surface area contributed by atoms with Gasteiger partial charge in [-0.05, 0) is 141 Å². The maximum absolute atomic E-state index is 4.98. The van der Waals surface area contributed by atoms with Gasteiger partial charge in [-0.15, -0.1) is 0 Å². The van der Waals surface area contributed by atoms with Crippen molar-refractivity contribution < 1.29 is 0 Å². The molecule has 0 bridgehead atoms. The molecule has 0 radical (unpaired) electrons. The van der Waals surface area contributed by atoms with Gasteiger partial charge in [-0.25, -0.2) is 0 Å². The fraction of sp³-hybridized carbons (Fsp3) is 0.321. The largest absolute Gasteiger partial charge is 0.310 e. The van der Waals surface area contributed by atoms with E-state index >= 15 is 0 Å². The van der Waals surface area contributed by atoms with E-state index in [1.807, 2.05) is 0 Å². The van der Waals surface area contributed by atoms with Gasteiger partial charge in [0.2, 0.25) is 0 Å². The Balaban J connectivity index is 1.15. The molecular formula is C56H57N. The second-order valence-corrected chi connectivity index (χ2v) is 18.8. The number of benzene rings is 6. The minimum Gasteiger partial charge on any atom is -0.310 e. The van der Waals surface area contributed by atoms with Gasteiger partial charge >= 0.3 is 0 Å². The van der Waals surface area contributed by atoms with Gasteiger partial charge in [0.05, 0.1) is 0 Å². The van der Waals surface area contributed by atoms with E-state index in [9.17, 15) is 0 Å². The summed E-state index contributed by atoms with van der Waals surface area (Å²) in [5.41, 5.74) is 20.6. The molecule has 6 aromatic carbocycles. The second-order valence-electron chi connectivity index (χ2n) is 18.8. The number of rotatable bonds is 6. The van der Waals surface area contributed by atoms with E-state index in [4.69, 9.17) is 6.58 Å². The molecule has 0 aliphatic heterocycles. The molecule has 0 N–H and O–H groups in total. The summed E-state index contributed by atoms with van der Waals surface area (Å²) in [5, 5.41) is 0. The summed E-state index contributed by atoms with van der Waals surface area (Å²) >= 11 is 0. The summed E-state index contributed by atoms with van der Waals surface area (Å²) in [7, 11) is 0. The molecular weight excluding hydrogens is 687 g/mol. The lowest BCUT2D eigenvalue weighted by Crippen LogP contribution is -2.41. The SMILES string of the molecule is C=C1CC(CC)CC(CC)C12c1ccccc1-c1ccc(N(c3ccc(-c4ccc(C(C)(C)C)cc4)cc3)c3ccc4c(c3)C3(CCCC3)c3ccccc3-4)cc12. The molecule has 0 amide bonds. The van der Waals surface area contributed by atoms with Crippen molar-refractivity contribution in [3.63, 3.8) is 0 Å². The maximum atomic E-state index is 4.98. The number of allylic oxidation sites excluding steroid dienone is 1. The minimum atomic E-state index is -0.176. The lowest BCUT2D eigenvalue weighted by atomic mass is 9.55. The summed E-state index contributed by atoms with van der Waals surface area (Å²) in [6.45, 7) is 16.6. The highest BCUT2D eigenvalue weighted by molar-refractivity contribution is 5.90. The topological polar surface area (TPSA) is 3.24 Å². The summed E-state index contributed by atoms with van der Waals surface area (Å²) in [5.74, 6) is 1.21. The van der Waals surface area contributed by atoms with E-state index in [0.29, 0.717) is 11.8 Å². The van der Waals surface area contributed by atoms with E-state index in [1.54, 1.807) is 0 Å². The number of fused-ring (bicyclic) bond motifs is 10. The average Bonchev–Trinajstić information content (AvgIpc) is 3.92. The third-order valence-corrected chi connectivity index (χ3v) is 14.9. The third kappa shape index (κ3) is 5.41. The van der Waals surface area contributed by atoms with Crippen molar-refractivity contribution in [3.05, 3.63) is 173 Å². The van der Waals surface area contributed by atoms with Gasteiger partial charge < -0.3 is 4.90 Å². The fourth-order valence-corrected chi connectivity index (χ4v) is 12.0. The predicted octanol–water partition coefficient (Wildman–Crippen LogP) is 15.6. The van der Waals surface area contributed by atoms with E-state index < -0.39 is 0 Å². The van der Waals surface area contributed by atoms with Gasteiger partial charge in [0.1, 0.15) is 0 Å². The highest BCUT2D eigenvalue weighted by atomic mass is 15.1. The standard InChI is InChI=1S/C56H57N/c1-7-38-33-37(3)56(41(8-2)34-38)51-18-12-10-16-47(51)49-30-28-45(36-53(49)56)57(43-25-21-40(22-26-43)39-19-23-42(24-20-39)54(4,5)6)44-27-29-48-46-15-9-11-17-50(46)55(52(48)35-44)31-13-14-32-55/h9-12,15-30,35-36,38,41H,3,7-8,13-14,31-34H2,1-2,4-6H3. The van der Waals surface area contributed by atoms with Crippen LogP contribution in [0.5, 0.6) is 0 Å². The lowest BCUT2D eigenvalue weighted by molar-refractivity contribution is 0.224. The first-order chi connectivity index (χ1) is 27.7. The van der Waals surface area contributed by atoms with Crippen LogP contribution < -0.4 is 4.90 Å². The molecule has 286 valence electrons. The third-order valence-electron chi connectivity index (χ3n) is 14.9. The monoisotopic (exact) mass is 743 g/mol. The first-order valence-electron chi connectivity index (χ1n) is 21.9. The lowest BCUT2D eigenvalue weighted by Gasteiger charge is -2.48. The molecule has 57 heavy (non-hydrogen) atoms. The Hall–Kier alpha value is -5.14. The molecule has 2 spiro atoms. The van der Waals surface area contributed by atoms with Crippen LogP contribution in [0.4, 0.5) is 17.1 Å². The van der Waals surface area contributed by atoms with Crippen LogP contribution in [0.25, 0.3) is 33.4 Å². The van der Waals surface area contributed by atoms with Crippen LogP contribution in [0.2, 0.25) is 0 Å². The molecule has 2 fully saturated rings. The zero-order valence-corrected chi connectivity index (χ0v) is 34.7. The van der Waals surface area contributed by atoms with Crippen LogP contribution >= 0.6 is 0 Å². The van der Waals surface area contributed by atoms with Crippen LogP contribution in [0.15, 0.2) is 146 Å². The van der Waals surface area contributed by atoms with Crippen LogP contribution in [0.1, 0.15) is 114 Å². The Morgan fingerprint density at radius 1 is 0.579 bits per heavy atom. The molecule has 10 rings (SSSR count). The first-order valence-corrected chi connectivity index (χ1v) is 21.9. The maximum Gasteiger partial charge on any atom is 0.0465 e. The summed E-state index contributed by atoms with van der Waals surface area (Å²) in [4.78, 5) is 2.55. The van der Waals surface area contributed by atoms with Crippen molar-refractivity contribution in [1.82, 2.24) is 0 Å². The number of nitrogens with zero attached hydrogens (tertiary/aromatic N) is 1. The van der Waals surface area contributed by atoms with E-state index in [-0.39, 0.29) is 16.2 Å². The summed E-state index contributed by atoms with van der Waals surface area (Å²) in [6.07, 6.45) is 9.73. The molecule has 2 saturated carbocycles. The molecule has 0 aromatic heterocycles. The highest BCUT2D eigenvalue weighted by Gasteiger charge is 2.53. The van der Waals surface area contributed by atoms with Gasteiger partial charge in [-0.2, -0.15) is 0 Å². The van der Waals surface area contributed by atoms with Gasteiger partial charge in [0.15, 0.2) is 0 Å². The van der Waals surface area contributed by atoms with Gasteiger partial charge in [-0.3, -0.25) is 0 Å². The second kappa shape index (κ2) is 13.5. The predicted molar refractivity (Wildman–Crippen MR) is 242 cm³/mol. The Kier molecular flexibility index (Phi) is 8.56. The summed E-state index contributed by atoms with van der Waals surface area (Å²) in [6, 6.07) is 51.8. The van der Waals surface area contributed by atoms with E-state index in [1.165, 1.54) is 122 Å². The van der Waals surface area contributed by atoms with E-state index in [0.717, 1.165) is 12.8 Å². The Labute approximate surface area is 341 Å². The average molecular weight is 744 g/mol. The number of hydrogen-bond acceptors (Lipinski definition) is 1. The Bertz CT molecular complexity index is 2500. The number of anilines is 3. The van der Waals surface area contributed by atoms with Crippen LogP contribution in [-0.2, 0) is 16.2 Å². The molecule has 4 aliphatic rings. The van der Waals surface area contributed by atoms with Crippen molar-refractivity contribution in [2.45, 2.75) is 102 Å². The zero-order chi connectivity index (χ0) is 39.1. The number of hydrogen-bond donors (Lipinski definition) is 0. The van der Waals surface area contributed by atoms with Crippen molar-refractivity contribution in [3.8, 4) is 33.4 Å². The van der Waals surface area contributed by atoms with Crippen molar-refractivity contribution in [1.29, 1.82) is 0 Å². The molecule has 1 nitrogen and oxygen atoms in total. The van der Waals surface area contributed by atoms with Crippen LogP contribution in [0.3, 0.4) is 0 Å². The quantitative estimate of drug-likeness (QED) is 0.154. The molecule has 0 heterocycles. The van der Waals surface area contributed by atoms with Crippen molar-refractivity contribution >= 4 is 17.1 Å².